The van der Waals surface area contributed by atoms with E-state index in [4.69, 9.17) is 29.4 Å². The number of carboxylic acids is 1. The van der Waals surface area contributed by atoms with E-state index in [1.165, 1.54) is 122 Å². The highest BCUT2D eigenvalue weighted by atomic mass is 31.2. The van der Waals surface area contributed by atoms with Crippen molar-refractivity contribution in [3.8, 4) is 0 Å². The van der Waals surface area contributed by atoms with Crippen molar-refractivity contribution in [1.82, 2.24) is 0 Å². The third kappa shape index (κ3) is 42.1. The van der Waals surface area contributed by atoms with E-state index in [0.29, 0.717) is 13.0 Å². The first-order chi connectivity index (χ1) is 27.7. The predicted octanol–water partition coefficient (Wildman–Crippen LogP) is 12.9. The molecule has 334 valence electrons. The summed E-state index contributed by atoms with van der Waals surface area (Å²) in [6.07, 6.45) is 47.6. The fourth-order valence-corrected chi connectivity index (χ4v) is 7.05. The van der Waals surface area contributed by atoms with E-state index in [1.807, 2.05) is 0 Å². The Morgan fingerprint density at radius 2 is 0.965 bits per heavy atom. The lowest BCUT2D eigenvalue weighted by atomic mass is 10.1. The van der Waals surface area contributed by atoms with E-state index in [1.54, 1.807) is 0 Å². The van der Waals surface area contributed by atoms with Gasteiger partial charge >= 0.3 is 19.8 Å². The number of esters is 1. The smallest absolute Gasteiger partial charge is 0.472 e. The molecule has 0 heterocycles. The molecule has 0 bridgehead atoms. The molecule has 0 aliphatic carbocycles. The van der Waals surface area contributed by atoms with Crippen LogP contribution in [0.4, 0.5) is 0 Å². The molecule has 11 heteroatoms. The fourth-order valence-electron chi connectivity index (χ4n) is 6.28. The molecule has 4 N–H and O–H groups in total. The number of carbonyl (C=O) groups is 2. The molecule has 0 saturated carbocycles. The van der Waals surface area contributed by atoms with Crippen molar-refractivity contribution in [3.63, 3.8) is 0 Å². The van der Waals surface area contributed by atoms with Crippen LogP contribution in [0.25, 0.3) is 0 Å². The molecule has 0 aliphatic rings. The minimum atomic E-state index is -4.62. The van der Waals surface area contributed by atoms with E-state index in [2.05, 4.69) is 50.3 Å². The third-order valence-corrected chi connectivity index (χ3v) is 10.8. The van der Waals surface area contributed by atoms with Gasteiger partial charge in [0.15, 0.2) is 0 Å². The zero-order chi connectivity index (χ0) is 41.9. The Bertz CT molecular complexity index is 1050. The number of aliphatic carboxylic acids is 1. The second kappa shape index (κ2) is 42.3. The van der Waals surface area contributed by atoms with Crippen LogP contribution in [0.15, 0.2) is 36.5 Å². The number of carboxylic acid groups (broad SMARTS) is 1. The van der Waals surface area contributed by atoms with E-state index < -0.39 is 45.1 Å². The average molecular weight is 828 g/mol. The van der Waals surface area contributed by atoms with Crippen LogP contribution in [0.3, 0.4) is 0 Å². The van der Waals surface area contributed by atoms with Gasteiger partial charge in [-0.3, -0.25) is 18.6 Å². The fraction of sp³-hybridized carbons (Fsp3) is 0.826. The summed E-state index contributed by atoms with van der Waals surface area (Å²) in [6, 6.07) is -1.48. The van der Waals surface area contributed by atoms with Gasteiger partial charge in [0.05, 0.1) is 19.8 Å². The van der Waals surface area contributed by atoms with Crippen molar-refractivity contribution in [2.45, 2.75) is 219 Å². The van der Waals surface area contributed by atoms with Gasteiger partial charge in [-0.05, 0) is 70.6 Å². The highest BCUT2D eigenvalue weighted by molar-refractivity contribution is 7.47. The van der Waals surface area contributed by atoms with Gasteiger partial charge in [0.2, 0.25) is 0 Å². The molecule has 0 fully saturated rings. The van der Waals surface area contributed by atoms with E-state index in [9.17, 15) is 19.0 Å². The molecule has 10 nitrogen and oxygen atoms in total. The maximum absolute atomic E-state index is 12.6. The molecule has 0 spiro atoms. The standard InChI is InChI=1S/C46H86NO9P/c1-3-5-7-9-11-13-15-17-19-20-21-22-23-25-27-29-31-33-35-37-39-53-40-43(41-54-57(51,52)55-42-44(47)46(49)50)56-45(48)38-36-34-32-30-28-26-24-18-16-14-12-10-8-6-4-2/h12,14,17-19,24,43-44H,3-11,13,15-16,20-23,25-42,47H2,1-2H3,(H,49,50)(H,51,52)/b14-12-,19-17-,24-18-. The number of ether oxygens (including phenoxy) is 2. The molecular formula is C46H86NO9P. The maximum atomic E-state index is 12.6. The molecule has 0 aromatic heterocycles. The Kier molecular flexibility index (Phi) is 41.0. The zero-order valence-corrected chi connectivity index (χ0v) is 37.3. The first kappa shape index (κ1) is 55.2. The Labute approximate surface area is 348 Å². The molecule has 0 radical (unpaired) electrons. The number of unbranched alkanes of at least 4 members (excludes halogenated alkanes) is 24. The van der Waals surface area contributed by atoms with Crippen molar-refractivity contribution < 1.29 is 42.7 Å². The molecule has 0 aromatic rings. The predicted molar refractivity (Wildman–Crippen MR) is 235 cm³/mol. The van der Waals surface area contributed by atoms with Crippen LogP contribution < -0.4 is 5.73 Å². The molecule has 0 amide bonds. The summed E-state index contributed by atoms with van der Waals surface area (Å²) < 4.78 is 33.4. The second-order valence-electron chi connectivity index (χ2n) is 15.5. The summed E-state index contributed by atoms with van der Waals surface area (Å²) in [5.41, 5.74) is 5.36. The normalized spacial score (nSPS) is 14.2. The van der Waals surface area contributed by atoms with E-state index in [-0.39, 0.29) is 13.0 Å². The number of hydrogen-bond acceptors (Lipinski definition) is 8. The van der Waals surface area contributed by atoms with Gasteiger partial charge in [0.1, 0.15) is 12.1 Å². The van der Waals surface area contributed by atoms with Crippen LogP contribution >= 0.6 is 7.82 Å². The summed E-state index contributed by atoms with van der Waals surface area (Å²) in [5, 5.41) is 8.90. The number of phosphoric acid groups is 1. The SMILES string of the molecule is CCCCC/C=C\C/C=C\CCCCCCCC(=O)OC(COCCCCCCCCCCCC/C=C\CCCCCCCC)COP(=O)(O)OCC(N)C(=O)O. The second-order valence-corrected chi connectivity index (χ2v) is 17.0. The first-order valence-corrected chi connectivity index (χ1v) is 24.5. The monoisotopic (exact) mass is 828 g/mol. The highest BCUT2D eigenvalue weighted by Crippen LogP contribution is 2.43. The van der Waals surface area contributed by atoms with Gasteiger partial charge < -0.3 is 25.2 Å². The van der Waals surface area contributed by atoms with E-state index in [0.717, 1.165) is 57.8 Å². The van der Waals surface area contributed by atoms with Gasteiger partial charge in [0.25, 0.3) is 0 Å². The van der Waals surface area contributed by atoms with Gasteiger partial charge in [-0.25, -0.2) is 4.57 Å². The van der Waals surface area contributed by atoms with Gasteiger partial charge in [-0.2, -0.15) is 0 Å². The van der Waals surface area contributed by atoms with Crippen molar-refractivity contribution in [3.05, 3.63) is 36.5 Å². The zero-order valence-electron chi connectivity index (χ0n) is 36.4. The lowest BCUT2D eigenvalue weighted by molar-refractivity contribution is -0.154. The summed E-state index contributed by atoms with van der Waals surface area (Å²) in [4.78, 5) is 33.6. The largest absolute Gasteiger partial charge is 0.480 e. The molecule has 57 heavy (non-hydrogen) atoms. The van der Waals surface area contributed by atoms with Crippen molar-refractivity contribution in [2.75, 3.05) is 26.4 Å². The lowest BCUT2D eigenvalue weighted by Crippen LogP contribution is -2.34. The van der Waals surface area contributed by atoms with Gasteiger partial charge in [-0.15, -0.1) is 0 Å². The Balaban J connectivity index is 4.20. The van der Waals surface area contributed by atoms with Crippen LogP contribution in [0.5, 0.6) is 0 Å². The van der Waals surface area contributed by atoms with Gasteiger partial charge in [0, 0.05) is 13.0 Å². The molecule has 3 unspecified atom stereocenters. The molecule has 0 aliphatic heterocycles. The number of phosphoric ester groups is 1. The topological polar surface area (TPSA) is 155 Å². The first-order valence-electron chi connectivity index (χ1n) is 23.0. The quantitative estimate of drug-likeness (QED) is 0.0234. The number of rotatable bonds is 44. The molecule has 0 rings (SSSR count). The van der Waals surface area contributed by atoms with E-state index >= 15 is 0 Å². The summed E-state index contributed by atoms with van der Waals surface area (Å²) in [6.45, 7) is 3.85. The molecule has 0 saturated heterocycles. The third-order valence-electron chi connectivity index (χ3n) is 9.89. The van der Waals surface area contributed by atoms with Crippen LogP contribution in [-0.4, -0.2) is 60.5 Å². The molecule has 0 aromatic carbocycles. The van der Waals surface area contributed by atoms with Gasteiger partial charge in [-0.1, -0.05) is 166 Å². The van der Waals surface area contributed by atoms with Crippen LogP contribution in [0.1, 0.15) is 206 Å². The summed E-state index contributed by atoms with van der Waals surface area (Å²) >= 11 is 0. The Hall–Kier alpha value is -1.81. The lowest BCUT2D eigenvalue weighted by Gasteiger charge is -2.20. The minimum absolute atomic E-state index is 0.0114. The average Bonchev–Trinajstić information content (AvgIpc) is 3.19. The molecule has 3 atom stereocenters. The van der Waals surface area contributed by atoms with Crippen molar-refractivity contribution in [1.29, 1.82) is 0 Å². The highest BCUT2D eigenvalue weighted by Gasteiger charge is 2.27. The number of hydrogen-bond donors (Lipinski definition) is 3. The molecular weight excluding hydrogens is 741 g/mol. The van der Waals surface area contributed by atoms with Crippen molar-refractivity contribution >= 4 is 19.8 Å². The van der Waals surface area contributed by atoms with Crippen LogP contribution in [0.2, 0.25) is 0 Å². The summed E-state index contributed by atoms with van der Waals surface area (Å²) in [7, 11) is -4.62. The summed E-state index contributed by atoms with van der Waals surface area (Å²) in [5.74, 6) is -1.79. The maximum Gasteiger partial charge on any atom is 0.472 e. The Morgan fingerprint density at radius 3 is 1.47 bits per heavy atom. The van der Waals surface area contributed by atoms with Crippen LogP contribution in [-0.2, 0) is 32.7 Å². The minimum Gasteiger partial charge on any atom is -0.480 e. The number of allylic oxidation sites excluding steroid dienone is 6. The van der Waals surface area contributed by atoms with Crippen LogP contribution in [0, 0.1) is 0 Å². The van der Waals surface area contributed by atoms with Crippen molar-refractivity contribution in [2.24, 2.45) is 5.73 Å². The Morgan fingerprint density at radius 1 is 0.561 bits per heavy atom. The number of carbonyl (C=O) groups excluding carboxylic acids is 1. The number of nitrogens with two attached hydrogens (primary N) is 1.